The average molecular weight is 311 g/mol. The zero-order chi connectivity index (χ0) is 15.4. The van der Waals surface area contributed by atoms with E-state index in [1.54, 1.807) is 12.1 Å². The minimum atomic E-state index is -0.253. The lowest BCUT2D eigenvalue weighted by Crippen LogP contribution is -1.99. The fraction of sp³-hybridized carbons (Fsp3) is 0.0588. The van der Waals surface area contributed by atoms with E-state index in [-0.39, 0.29) is 5.82 Å². The highest BCUT2D eigenvalue weighted by Gasteiger charge is 2.04. The second-order valence-electron chi connectivity index (χ2n) is 4.72. The van der Waals surface area contributed by atoms with Gasteiger partial charge in [0, 0.05) is 10.9 Å². The number of benzene rings is 2. The summed E-state index contributed by atoms with van der Waals surface area (Å²) in [5.41, 5.74) is 6.59. The van der Waals surface area contributed by atoms with Crippen LogP contribution in [0.1, 0.15) is 12.5 Å². The maximum Gasteiger partial charge on any atom is 0.203 e. The Balaban J connectivity index is 1.73. The SMILES string of the molecule is C/C(=N\Nc1nc(-c2ccccc2)cs1)c1ccc(F)cc1. The molecule has 0 unspecified atom stereocenters. The van der Waals surface area contributed by atoms with Crippen molar-refractivity contribution in [2.45, 2.75) is 6.92 Å². The Morgan fingerprint density at radius 3 is 2.55 bits per heavy atom. The number of halogens is 1. The molecule has 2 aromatic carbocycles. The topological polar surface area (TPSA) is 37.3 Å². The van der Waals surface area contributed by atoms with E-state index >= 15 is 0 Å². The van der Waals surface area contributed by atoms with Crippen LogP contribution in [0.25, 0.3) is 11.3 Å². The molecule has 1 heterocycles. The van der Waals surface area contributed by atoms with Crippen LogP contribution in [0.2, 0.25) is 0 Å². The van der Waals surface area contributed by atoms with Crippen molar-refractivity contribution in [3.8, 4) is 11.3 Å². The summed E-state index contributed by atoms with van der Waals surface area (Å²) in [7, 11) is 0. The van der Waals surface area contributed by atoms with Crippen molar-refractivity contribution in [3.63, 3.8) is 0 Å². The quantitative estimate of drug-likeness (QED) is 0.556. The highest BCUT2D eigenvalue weighted by molar-refractivity contribution is 7.14. The second-order valence-corrected chi connectivity index (χ2v) is 5.58. The molecule has 0 saturated carbocycles. The molecule has 1 aromatic heterocycles. The molecule has 0 spiro atoms. The van der Waals surface area contributed by atoms with Crippen LogP contribution in [0.3, 0.4) is 0 Å². The van der Waals surface area contributed by atoms with Crippen molar-refractivity contribution in [1.82, 2.24) is 4.98 Å². The van der Waals surface area contributed by atoms with E-state index in [1.807, 2.05) is 42.6 Å². The smallest absolute Gasteiger partial charge is 0.203 e. The first-order valence-electron chi connectivity index (χ1n) is 6.79. The van der Waals surface area contributed by atoms with Crippen LogP contribution < -0.4 is 5.43 Å². The number of hydrogen-bond acceptors (Lipinski definition) is 4. The fourth-order valence-corrected chi connectivity index (χ4v) is 2.62. The normalized spacial score (nSPS) is 11.5. The van der Waals surface area contributed by atoms with Gasteiger partial charge in [-0.05, 0) is 24.6 Å². The van der Waals surface area contributed by atoms with Crippen molar-refractivity contribution in [2.75, 3.05) is 5.43 Å². The molecule has 110 valence electrons. The molecule has 3 aromatic rings. The van der Waals surface area contributed by atoms with Crippen LogP contribution in [-0.4, -0.2) is 10.7 Å². The summed E-state index contributed by atoms with van der Waals surface area (Å²) in [6.45, 7) is 1.87. The monoisotopic (exact) mass is 311 g/mol. The molecule has 3 rings (SSSR count). The van der Waals surface area contributed by atoms with E-state index in [2.05, 4.69) is 15.5 Å². The fourth-order valence-electron chi connectivity index (χ4n) is 1.95. The third-order valence-corrected chi connectivity index (χ3v) is 3.90. The molecule has 0 atom stereocenters. The first-order valence-corrected chi connectivity index (χ1v) is 7.67. The van der Waals surface area contributed by atoms with E-state index in [0.29, 0.717) is 0 Å². The highest BCUT2D eigenvalue weighted by Crippen LogP contribution is 2.24. The van der Waals surface area contributed by atoms with Gasteiger partial charge in [0.2, 0.25) is 5.13 Å². The van der Waals surface area contributed by atoms with Gasteiger partial charge >= 0.3 is 0 Å². The first kappa shape index (κ1) is 14.4. The van der Waals surface area contributed by atoms with E-state index in [0.717, 1.165) is 27.7 Å². The minimum Gasteiger partial charge on any atom is -0.252 e. The average Bonchev–Trinajstić information content (AvgIpc) is 3.03. The van der Waals surface area contributed by atoms with Gasteiger partial charge in [0.1, 0.15) is 5.82 Å². The molecule has 0 radical (unpaired) electrons. The molecule has 3 nitrogen and oxygen atoms in total. The lowest BCUT2D eigenvalue weighted by atomic mass is 10.1. The highest BCUT2D eigenvalue weighted by atomic mass is 32.1. The Morgan fingerprint density at radius 1 is 1.09 bits per heavy atom. The second kappa shape index (κ2) is 6.49. The van der Waals surface area contributed by atoms with Crippen molar-refractivity contribution in [1.29, 1.82) is 0 Å². The number of anilines is 1. The van der Waals surface area contributed by atoms with Crippen LogP contribution in [0.15, 0.2) is 65.1 Å². The van der Waals surface area contributed by atoms with Crippen LogP contribution in [-0.2, 0) is 0 Å². The van der Waals surface area contributed by atoms with E-state index < -0.39 is 0 Å². The Bertz CT molecular complexity index is 779. The predicted molar refractivity (Wildman–Crippen MR) is 89.8 cm³/mol. The van der Waals surface area contributed by atoms with Crippen molar-refractivity contribution in [3.05, 3.63) is 71.4 Å². The van der Waals surface area contributed by atoms with Gasteiger partial charge in [0.05, 0.1) is 11.4 Å². The minimum absolute atomic E-state index is 0.253. The molecule has 0 fully saturated rings. The Kier molecular flexibility index (Phi) is 4.25. The van der Waals surface area contributed by atoms with Crippen LogP contribution >= 0.6 is 11.3 Å². The summed E-state index contributed by atoms with van der Waals surface area (Å²) in [6, 6.07) is 16.2. The number of nitrogens with one attached hydrogen (secondary N) is 1. The lowest BCUT2D eigenvalue weighted by molar-refractivity contribution is 0.628. The van der Waals surface area contributed by atoms with Crippen molar-refractivity contribution < 1.29 is 4.39 Å². The standard InChI is InChI=1S/C17H14FN3S/c1-12(13-7-9-15(18)10-8-13)20-21-17-19-16(11-22-17)14-5-3-2-4-6-14/h2-11H,1H3,(H,19,21)/b20-12+. The summed E-state index contributed by atoms with van der Waals surface area (Å²) >= 11 is 1.49. The molecule has 22 heavy (non-hydrogen) atoms. The summed E-state index contributed by atoms with van der Waals surface area (Å²) in [6.07, 6.45) is 0. The van der Waals surface area contributed by atoms with Gasteiger partial charge in [-0.2, -0.15) is 5.10 Å². The molecule has 1 N–H and O–H groups in total. The largest absolute Gasteiger partial charge is 0.252 e. The Hall–Kier alpha value is -2.53. The number of aromatic nitrogens is 1. The predicted octanol–water partition coefficient (Wildman–Crippen LogP) is 4.79. The van der Waals surface area contributed by atoms with Gasteiger partial charge in [0.25, 0.3) is 0 Å². The molecule has 0 bridgehead atoms. The van der Waals surface area contributed by atoms with Gasteiger partial charge < -0.3 is 0 Å². The maximum absolute atomic E-state index is 12.9. The molecule has 0 aliphatic rings. The summed E-state index contributed by atoms with van der Waals surface area (Å²) in [4.78, 5) is 4.50. The number of hydrogen-bond donors (Lipinski definition) is 1. The molecular formula is C17H14FN3S. The van der Waals surface area contributed by atoms with Crippen molar-refractivity contribution >= 4 is 22.2 Å². The third kappa shape index (κ3) is 3.38. The molecular weight excluding hydrogens is 297 g/mol. The van der Waals surface area contributed by atoms with Crippen LogP contribution in [0.4, 0.5) is 9.52 Å². The van der Waals surface area contributed by atoms with Crippen LogP contribution in [0.5, 0.6) is 0 Å². The number of thiazole rings is 1. The van der Waals surface area contributed by atoms with Gasteiger partial charge in [-0.3, -0.25) is 5.43 Å². The zero-order valence-corrected chi connectivity index (χ0v) is 12.8. The summed E-state index contributed by atoms with van der Waals surface area (Å²) in [5, 5.41) is 7.00. The lowest BCUT2D eigenvalue weighted by Gasteiger charge is -2.01. The van der Waals surface area contributed by atoms with E-state index in [4.69, 9.17) is 0 Å². The Labute approximate surface area is 132 Å². The summed E-state index contributed by atoms with van der Waals surface area (Å²) in [5.74, 6) is -0.253. The number of rotatable bonds is 4. The molecule has 0 amide bonds. The number of hydrazone groups is 1. The van der Waals surface area contributed by atoms with Crippen LogP contribution in [0, 0.1) is 5.82 Å². The summed E-state index contributed by atoms with van der Waals surface area (Å²) < 4.78 is 12.9. The molecule has 0 aliphatic heterocycles. The molecule has 5 heteroatoms. The van der Waals surface area contributed by atoms with Gasteiger partial charge in [0.15, 0.2) is 0 Å². The van der Waals surface area contributed by atoms with E-state index in [9.17, 15) is 4.39 Å². The van der Waals surface area contributed by atoms with Gasteiger partial charge in [-0.1, -0.05) is 42.5 Å². The maximum atomic E-state index is 12.9. The van der Waals surface area contributed by atoms with Gasteiger partial charge in [-0.25, -0.2) is 9.37 Å². The molecule has 0 aliphatic carbocycles. The Morgan fingerprint density at radius 2 is 1.82 bits per heavy atom. The zero-order valence-electron chi connectivity index (χ0n) is 12.0. The van der Waals surface area contributed by atoms with Crippen molar-refractivity contribution in [2.24, 2.45) is 5.10 Å². The van der Waals surface area contributed by atoms with Gasteiger partial charge in [-0.15, -0.1) is 11.3 Å². The first-order chi connectivity index (χ1) is 10.7. The number of nitrogens with zero attached hydrogens (tertiary/aromatic N) is 2. The molecule has 0 saturated heterocycles. The van der Waals surface area contributed by atoms with E-state index in [1.165, 1.54) is 23.5 Å². The third-order valence-electron chi connectivity index (χ3n) is 3.15.